The van der Waals surface area contributed by atoms with Crippen LogP contribution >= 0.6 is 0 Å². The van der Waals surface area contributed by atoms with Crippen molar-refractivity contribution in [2.75, 3.05) is 40.1 Å². The number of methoxy groups -OCH3 is 1. The zero-order chi connectivity index (χ0) is 51.4. The normalized spacial score (nSPS) is 28.6. The highest BCUT2D eigenvalue weighted by atomic mass is 16.5. The summed E-state index contributed by atoms with van der Waals surface area (Å²) in [6.07, 6.45) is 9.33. The largest absolute Gasteiger partial charge is 0.508 e. The molecular weight excluding hydrogens is 949 g/mol. The van der Waals surface area contributed by atoms with Gasteiger partial charge >= 0.3 is 0 Å². The third-order valence-corrected chi connectivity index (χ3v) is 18.1. The average molecular weight is 1020 g/mol. The van der Waals surface area contributed by atoms with Crippen LogP contribution in [0.2, 0.25) is 0 Å². The molecule has 2 spiro atoms. The van der Waals surface area contributed by atoms with Crippen LogP contribution in [0.5, 0.6) is 40.2 Å². The highest BCUT2D eigenvalue weighted by molar-refractivity contribution is 5.96. The predicted molar refractivity (Wildman–Crippen MR) is 285 cm³/mol. The lowest BCUT2D eigenvalue weighted by Gasteiger charge is -2.55. The molecule has 1 saturated heterocycles. The second-order valence-corrected chi connectivity index (χ2v) is 22.5. The Morgan fingerprint density at radius 1 is 0.827 bits per heavy atom. The van der Waals surface area contributed by atoms with E-state index in [2.05, 4.69) is 22.5 Å². The van der Waals surface area contributed by atoms with Crippen LogP contribution in [-0.4, -0.2) is 95.1 Å². The number of nitrogens with one attached hydrogen (secondary N) is 2. The van der Waals surface area contributed by atoms with Gasteiger partial charge in [-0.25, -0.2) is 0 Å². The Morgan fingerprint density at radius 2 is 1.67 bits per heavy atom. The number of fused-ring (bicyclic) bond motifs is 5. The topological polar surface area (TPSA) is 181 Å². The Labute approximate surface area is 439 Å². The number of aryl methyl sites for hydroxylation is 1. The summed E-state index contributed by atoms with van der Waals surface area (Å²) in [4.78, 5) is 0. The third kappa shape index (κ3) is 9.23. The first kappa shape index (κ1) is 50.1. The fourth-order valence-electron chi connectivity index (χ4n) is 14.4. The molecule has 0 amide bonds. The Balaban J connectivity index is 1.01. The van der Waals surface area contributed by atoms with Crippen molar-refractivity contribution >= 4 is 10.8 Å². The van der Waals surface area contributed by atoms with E-state index in [4.69, 9.17) is 28.4 Å². The van der Waals surface area contributed by atoms with E-state index in [1.807, 2.05) is 55.5 Å². The molecule has 7 aliphatic rings. The fraction of sp³-hybridized carbons (Fsp3) is 0.516. The van der Waals surface area contributed by atoms with Gasteiger partial charge in [0.25, 0.3) is 0 Å². The number of aliphatic hydroxyl groups is 2. The molecule has 5 aromatic rings. The van der Waals surface area contributed by atoms with Gasteiger partial charge in [-0.3, -0.25) is 10.6 Å². The van der Waals surface area contributed by atoms with Gasteiger partial charge in [0.1, 0.15) is 53.0 Å². The van der Waals surface area contributed by atoms with Crippen molar-refractivity contribution in [3.63, 3.8) is 0 Å². The predicted octanol–water partition coefficient (Wildman–Crippen LogP) is 9.69. The van der Waals surface area contributed by atoms with Crippen LogP contribution in [0, 0.1) is 35.5 Å². The van der Waals surface area contributed by atoms with E-state index in [9.17, 15) is 25.5 Å². The van der Waals surface area contributed by atoms with Crippen LogP contribution in [0.25, 0.3) is 21.9 Å². The first-order valence-corrected chi connectivity index (χ1v) is 27.7. The number of aliphatic hydroxyl groups excluding tert-OH is 2. The van der Waals surface area contributed by atoms with Crippen molar-refractivity contribution in [2.45, 2.75) is 139 Å². The summed E-state index contributed by atoms with van der Waals surface area (Å²) >= 11 is 0. The van der Waals surface area contributed by atoms with Crippen molar-refractivity contribution in [3.8, 4) is 63.2 Å². The van der Waals surface area contributed by atoms with Crippen LogP contribution in [0.1, 0.15) is 124 Å². The van der Waals surface area contributed by atoms with Gasteiger partial charge in [-0.05, 0) is 154 Å². The van der Waals surface area contributed by atoms with Gasteiger partial charge in [0, 0.05) is 78.5 Å². The van der Waals surface area contributed by atoms with Crippen molar-refractivity contribution in [1.82, 2.24) is 10.6 Å². The lowest BCUT2D eigenvalue weighted by molar-refractivity contribution is -0.167. The lowest BCUT2D eigenvalue weighted by atomic mass is 9.71. The number of hydrogen-bond donors (Lipinski definition) is 7. The first-order valence-electron chi connectivity index (χ1n) is 27.7. The quantitative estimate of drug-likeness (QED) is 0.0464. The highest BCUT2D eigenvalue weighted by Crippen LogP contribution is 2.58. The van der Waals surface area contributed by atoms with Gasteiger partial charge in [0.2, 0.25) is 0 Å². The Bertz CT molecular complexity index is 2990. The minimum atomic E-state index is -1.07. The summed E-state index contributed by atoms with van der Waals surface area (Å²) in [7, 11) is 1.70. The molecule has 13 nitrogen and oxygen atoms in total. The Hall–Kier alpha value is -5.72. The van der Waals surface area contributed by atoms with Gasteiger partial charge in [0.15, 0.2) is 0 Å². The second-order valence-electron chi connectivity index (χ2n) is 22.5. The summed E-state index contributed by atoms with van der Waals surface area (Å²) in [5.41, 5.74) is 4.67. The van der Waals surface area contributed by atoms with E-state index >= 15 is 0 Å². The molecular formula is C62H72N2O11. The standard InChI is InChI=1S/C62H72N2O11/c1-3-36-28-47(37-11-8-13-42(66)26-37)39(29-52(36)68)25-40-27-45(73-44-14-4-5-15-44)31-49-56(69)51(35-72-57(40)49)55-53(16-10-23-70-2)74-58-46-18-17-43(67)30-48(46)54-32-50(58)59(55)75-60-38(34-65)19-22-62(60)41(12-9-24-71-54)33-63-61(64-62)20-6-7-21-61/h8,11,13,17-18,26-32,38,41,44,51,53,55-56,59-60,63-69H,3-7,10,14-16,19-25,33-35H2,1-2H3. The molecule has 12 rings (SSSR count). The van der Waals surface area contributed by atoms with Gasteiger partial charge in [0.05, 0.1) is 48.1 Å². The van der Waals surface area contributed by atoms with Crippen LogP contribution in [0.4, 0.5) is 0 Å². The molecule has 9 atom stereocenters. The zero-order valence-corrected chi connectivity index (χ0v) is 43.2. The van der Waals surface area contributed by atoms with Crippen LogP contribution in [0.3, 0.4) is 0 Å². The van der Waals surface area contributed by atoms with Gasteiger partial charge in [-0.15, -0.1) is 0 Å². The molecule has 75 heavy (non-hydrogen) atoms. The van der Waals surface area contributed by atoms with Crippen molar-refractivity contribution < 1.29 is 54.0 Å². The first-order chi connectivity index (χ1) is 36.6. The summed E-state index contributed by atoms with van der Waals surface area (Å²) in [5, 5.41) is 67.3. The van der Waals surface area contributed by atoms with Crippen molar-refractivity contribution in [1.29, 1.82) is 0 Å². The van der Waals surface area contributed by atoms with E-state index in [1.54, 1.807) is 31.4 Å². The molecule has 0 radical (unpaired) electrons. The molecule has 3 saturated carbocycles. The molecule has 5 aromatic carbocycles. The molecule has 13 heteroatoms. The second kappa shape index (κ2) is 20.7. The van der Waals surface area contributed by atoms with Gasteiger partial charge in [-0.1, -0.05) is 43.7 Å². The number of ether oxygens (including phenoxy) is 6. The fourth-order valence-corrected chi connectivity index (χ4v) is 14.4. The monoisotopic (exact) mass is 1020 g/mol. The Morgan fingerprint density at radius 3 is 2.47 bits per heavy atom. The number of phenolic OH excluding ortho intramolecular Hbond substituents is 3. The molecule has 7 N–H and O–H groups in total. The van der Waals surface area contributed by atoms with E-state index < -0.39 is 41.8 Å². The summed E-state index contributed by atoms with van der Waals surface area (Å²) in [6, 6.07) is 22.3. The van der Waals surface area contributed by atoms with E-state index in [0.29, 0.717) is 72.8 Å². The SMILES string of the molecule is CCc1cc(-c2cccc(O)c2)c(Cc2cc(OC3CCCC3)cc3c2OCC(C2C(CCCOC)Oc4c5cc(c6cc(O)ccc46)OCC#CC4CNC6(CCCC6)NC46CCC(CO)C6OC52)C3O)cc1O. The number of rotatable bonds is 12. The Kier molecular flexibility index (Phi) is 13.8. The van der Waals surface area contributed by atoms with Gasteiger partial charge < -0.3 is 54.0 Å². The van der Waals surface area contributed by atoms with Gasteiger partial charge in [-0.2, -0.15) is 0 Å². The van der Waals surface area contributed by atoms with E-state index in [1.165, 1.54) is 0 Å². The minimum Gasteiger partial charge on any atom is -0.508 e. The molecule has 0 aromatic heterocycles. The number of aromatic hydroxyl groups is 3. The molecule has 9 unspecified atom stereocenters. The highest BCUT2D eigenvalue weighted by Gasteiger charge is 2.61. The maximum atomic E-state index is 13.4. The maximum absolute atomic E-state index is 13.4. The maximum Gasteiger partial charge on any atom is 0.149 e. The van der Waals surface area contributed by atoms with Crippen LogP contribution in [0.15, 0.2) is 72.8 Å². The lowest BCUT2D eigenvalue weighted by Crippen LogP contribution is -2.75. The molecule has 4 fully saturated rings. The molecule has 4 aliphatic heterocycles. The number of phenols is 3. The summed E-state index contributed by atoms with van der Waals surface area (Å²) in [6.45, 7) is 3.38. The number of hydrogen-bond acceptors (Lipinski definition) is 13. The minimum absolute atomic E-state index is 0.0361. The molecule has 396 valence electrons. The van der Waals surface area contributed by atoms with Crippen LogP contribution < -0.4 is 29.6 Å². The average Bonchev–Trinajstić information content (AvgIpc) is 4.19. The van der Waals surface area contributed by atoms with Crippen molar-refractivity contribution in [3.05, 3.63) is 101 Å². The van der Waals surface area contributed by atoms with Crippen molar-refractivity contribution in [2.24, 2.45) is 23.7 Å². The summed E-state index contributed by atoms with van der Waals surface area (Å²) in [5.74, 6) is 8.45. The number of benzene rings is 5. The third-order valence-electron chi connectivity index (χ3n) is 18.1. The molecule has 2 bridgehead atoms. The zero-order valence-electron chi connectivity index (χ0n) is 43.2. The van der Waals surface area contributed by atoms with Crippen LogP contribution in [-0.2, 0) is 22.3 Å². The van der Waals surface area contributed by atoms with E-state index in [0.717, 1.165) is 103 Å². The smallest absolute Gasteiger partial charge is 0.149 e. The molecule has 3 aliphatic carbocycles. The molecule has 4 heterocycles. The van der Waals surface area contributed by atoms with E-state index in [-0.39, 0.29) is 60.7 Å². The summed E-state index contributed by atoms with van der Waals surface area (Å²) < 4.78 is 41.6.